The molecule has 16 heavy (non-hydrogen) atoms. The van der Waals surface area contributed by atoms with Crippen molar-refractivity contribution in [3.8, 4) is 0 Å². The number of Topliss-reactive ketones (excluding diaryl/α,β-unsaturated/α-hetero) is 1. The Morgan fingerprint density at radius 3 is 2.56 bits per heavy atom. The second-order valence-electron chi connectivity index (χ2n) is 5.17. The van der Waals surface area contributed by atoms with Crippen LogP contribution in [0.2, 0.25) is 0 Å². The van der Waals surface area contributed by atoms with Crippen molar-refractivity contribution < 1.29 is 10.0 Å². The van der Waals surface area contributed by atoms with Gasteiger partial charge in [0.15, 0.2) is 0 Å². The number of carbonyl (C=O) groups is 1. The lowest BCUT2D eigenvalue weighted by atomic mass is 9.85. The van der Waals surface area contributed by atoms with Gasteiger partial charge in [-0.3, -0.25) is 4.79 Å². The lowest BCUT2D eigenvalue weighted by Crippen LogP contribution is -2.11. The van der Waals surface area contributed by atoms with E-state index in [0.717, 1.165) is 5.56 Å². The van der Waals surface area contributed by atoms with Gasteiger partial charge in [-0.2, -0.15) is 0 Å². The van der Waals surface area contributed by atoms with Crippen molar-refractivity contribution in [1.82, 2.24) is 0 Å². The van der Waals surface area contributed by atoms with Crippen LogP contribution in [0, 0.1) is 0 Å². The van der Waals surface area contributed by atoms with Crippen molar-refractivity contribution in [3.05, 3.63) is 34.9 Å². The van der Waals surface area contributed by atoms with E-state index >= 15 is 0 Å². The smallest absolute Gasteiger partial charge is 0.211 e. The highest BCUT2D eigenvalue weighted by Crippen LogP contribution is 2.28. The zero-order valence-electron chi connectivity index (χ0n) is 9.74. The topological polar surface area (TPSA) is 49.7 Å². The Morgan fingerprint density at radius 2 is 2.00 bits per heavy atom. The third-order valence-electron chi connectivity index (χ3n) is 2.96. The van der Waals surface area contributed by atoms with Gasteiger partial charge in [-0.05, 0) is 16.5 Å². The summed E-state index contributed by atoms with van der Waals surface area (Å²) in [6.45, 7) is 6.39. The van der Waals surface area contributed by atoms with E-state index in [1.807, 2.05) is 18.2 Å². The first kappa shape index (κ1) is 10.9. The molecule has 2 rings (SSSR count). The maximum Gasteiger partial charge on any atom is 0.211 e. The molecule has 0 amide bonds. The fourth-order valence-corrected chi connectivity index (χ4v) is 1.92. The average molecular weight is 217 g/mol. The van der Waals surface area contributed by atoms with Gasteiger partial charge in [0.05, 0.1) is 0 Å². The van der Waals surface area contributed by atoms with Crippen LogP contribution >= 0.6 is 0 Å². The molecule has 1 N–H and O–H groups in total. The quantitative estimate of drug-likeness (QED) is 0.536. The normalized spacial score (nSPS) is 17.9. The van der Waals surface area contributed by atoms with E-state index in [-0.39, 0.29) is 16.9 Å². The van der Waals surface area contributed by atoms with Crippen LogP contribution in [0.5, 0.6) is 0 Å². The van der Waals surface area contributed by atoms with Crippen LogP contribution < -0.4 is 0 Å². The lowest BCUT2D eigenvalue weighted by Gasteiger charge is -2.19. The molecule has 1 aromatic rings. The minimum absolute atomic E-state index is 0.0667. The van der Waals surface area contributed by atoms with Crippen LogP contribution in [0.3, 0.4) is 0 Å². The van der Waals surface area contributed by atoms with Crippen molar-refractivity contribution in [2.45, 2.75) is 32.6 Å². The maximum absolute atomic E-state index is 11.7. The van der Waals surface area contributed by atoms with Crippen LogP contribution in [-0.4, -0.2) is 16.7 Å². The number of hydrogen-bond acceptors (Lipinski definition) is 3. The molecule has 0 saturated heterocycles. The van der Waals surface area contributed by atoms with Gasteiger partial charge in [0.1, 0.15) is 5.71 Å². The Balaban J connectivity index is 2.49. The van der Waals surface area contributed by atoms with Crippen molar-refractivity contribution in [3.63, 3.8) is 0 Å². The first-order chi connectivity index (χ1) is 7.43. The Morgan fingerprint density at radius 1 is 1.31 bits per heavy atom. The van der Waals surface area contributed by atoms with Crippen LogP contribution in [0.4, 0.5) is 0 Å². The molecule has 0 bridgehead atoms. The number of rotatable bonds is 0. The molecule has 0 fully saturated rings. The molecule has 1 aliphatic rings. The molecule has 0 aliphatic heterocycles. The molecule has 3 heteroatoms. The molecule has 0 radical (unpaired) electrons. The number of benzene rings is 1. The number of ketones is 1. The van der Waals surface area contributed by atoms with E-state index in [1.165, 1.54) is 5.56 Å². The first-order valence-electron chi connectivity index (χ1n) is 5.32. The molecule has 84 valence electrons. The second kappa shape index (κ2) is 3.44. The van der Waals surface area contributed by atoms with Crippen molar-refractivity contribution >= 4 is 11.5 Å². The number of nitrogens with zero attached hydrogens (tertiary/aromatic N) is 1. The van der Waals surface area contributed by atoms with Gasteiger partial charge >= 0.3 is 0 Å². The Kier molecular flexibility index (Phi) is 2.34. The third kappa shape index (κ3) is 1.62. The van der Waals surface area contributed by atoms with Crippen molar-refractivity contribution in [2.24, 2.45) is 5.16 Å². The van der Waals surface area contributed by atoms with Crippen LogP contribution in [0.15, 0.2) is 23.4 Å². The average Bonchev–Trinajstić information content (AvgIpc) is 2.54. The molecule has 3 nitrogen and oxygen atoms in total. The van der Waals surface area contributed by atoms with Gasteiger partial charge in [0.2, 0.25) is 5.78 Å². The summed E-state index contributed by atoms with van der Waals surface area (Å²) in [5, 5.41) is 11.7. The predicted molar refractivity (Wildman–Crippen MR) is 62.4 cm³/mol. The monoisotopic (exact) mass is 217 g/mol. The third-order valence-corrected chi connectivity index (χ3v) is 2.96. The number of fused-ring (bicyclic) bond motifs is 1. The van der Waals surface area contributed by atoms with E-state index in [4.69, 9.17) is 5.21 Å². The van der Waals surface area contributed by atoms with Crippen molar-refractivity contribution in [2.75, 3.05) is 0 Å². The summed E-state index contributed by atoms with van der Waals surface area (Å²) in [5.74, 6) is -0.155. The standard InChI is InChI=1S/C13H15NO2/c1-13(2,3)9-4-5-10-8(6-9)7-11(14-16)12(10)15/h4-6,16H,7H2,1-3H3/b14-11-. The predicted octanol–water partition coefficient (Wildman–Crippen LogP) is 2.55. The number of oxime groups is 1. The maximum atomic E-state index is 11.7. The summed E-state index contributed by atoms with van der Waals surface area (Å²) in [5.41, 5.74) is 3.13. The SMILES string of the molecule is CC(C)(C)c1ccc2c(c1)C/C(=N/O)C2=O. The summed E-state index contributed by atoms with van der Waals surface area (Å²) in [6.07, 6.45) is 0.439. The van der Waals surface area contributed by atoms with Gasteiger partial charge in [-0.25, -0.2) is 0 Å². The molecule has 0 heterocycles. The lowest BCUT2D eigenvalue weighted by molar-refractivity contribution is 0.106. The van der Waals surface area contributed by atoms with E-state index in [0.29, 0.717) is 12.0 Å². The number of carbonyl (C=O) groups excluding carboxylic acids is 1. The second-order valence-corrected chi connectivity index (χ2v) is 5.17. The van der Waals surface area contributed by atoms with Crippen LogP contribution in [0.1, 0.15) is 42.3 Å². The van der Waals surface area contributed by atoms with Crippen molar-refractivity contribution in [1.29, 1.82) is 0 Å². The van der Waals surface area contributed by atoms with Gasteiger partial charge < -0.3 is 5.21 Å². The molecule has 1 aliphatic carbocycles. The molecular formula is C13H15NO2. The Labute approximate surface area is 94.8 Å². The first-order valence-corrected chi connectivity index (χ1v) is 5.32. The zero-order valence-corrected chi connectivity index (χ0v) is 9.74. The van der Waals surface area contributed by atoms with Gasteiger partial charge in [0, 0.05) is 12.0 Å². The highest BCUT2D eigenvalue weighted by atomic mass is 16.4. The largest absolute Gasteiger partial charge is 0.411 e. The highest BCUT2D eigenvalue weighted by molar-refractivity contribution is 6.49. The summed E-state index contributed by atoms with van der Waals surface area (Å²) in [4.78, 5) is 11.7. The molecule has 0 spiro atoms. The summed E-state index contributed by atoms with van der Waals surface area (Å²) in [6, 6.07) is 5.83. The Hall–Kier alpha value is -1.64. The van der Waals surface area contributed by atoms with Crippen LogP contribution in [-0.2, 0) is 11.8 Å². The molecule has 0 unspecified atom stereocenters. The summed E-state index contributed by atoms with van der Waals surface area (Å²) < 4.78 is 0. The van der Waals surface area contributed by atoms with E-state index in [1.54, 1.807) is 0 Å². The van der Waals surface area contributed by atoms with Gasteiger partial charge in [-0.15, -0.1) is 0 Å². The summed E-state index contributed by atoms with van der Waals surface area (Å²) >= 11 is 0. The summed E-state index contributed by atoms with van der Waals surface area (Å²) in [7, 11) is 0. The van der Waals surface area contributed by atoms with E-state index in [2.05, 4.69) is 25.9 Å². The minimum atomic E-state index is -0.155. The van der Waals surface area contributed by atoms with E-state index < -0.39 is 0 Å². The van der Waals surface area contributed by atoms with Crippen LogP contribution in [0.25, 0.3) is 0 Å². The van der Waals surface area contributed by atoms with Gasteiger partial charge in [-0.1, -0.05) is 44.1 Å². The minimum Gasteiger partial charge on any atom is -0.411 e. The van der Waals surface area contributed by atoms with Gasteiger partial charge in [0.25, 0.3) is 0 Å². The molecule has 0 atom stereocenters. The number of hydrogen-bond donors (Lipinski definition) is 1. The highest BCUT2D eigenvalue weighted by Gasteiger charge is 2.28. The fraction of sp³-hybridized carbons (Fsp3) is 0.385. The zero-order chi connectivity index (χ0) is 11.9. The molecule has 0 saturated carbocycles. The Bertz CT molecular complexity index is 481. The molecule has 1 aromatic carbocycles. The molecule has 0 aromatic heterocycles. The molecular weight excluding hydrogens is 202 g/mol. The van der Waals surface area contributed by atoms with E-state index in [9.17, 15) is 4.79 Å². The fourth-order valence-electron chi connectivity index (χ4n) is 1.92.